The van der Waals surface area contributed by atoms with E-state index in [0.717, 1.165) is 13.0 Å². The lowest BCUT2D eigenvalue weighted by Gasteiger charge is -2.41. The van der Waals surface area contributed by atoms with Crippen LogP contribution in [0, 0.1) is 0 Å². The number of likely N-dealkylation sites (tertiary alicyclic amines) is 1. The van der Waals surface area contributed by atoms with E-state index in [2.05, 4.69) is 0 Å². The highest BCUT2D eigenvalue weighted by molar-refractivity contribution is 4.94. The summed E-state index contributed by atoms with van der Waals surface area (Å²) in [6.07, 6.45) is -1.19. The third-order valence-corrected chi connectivity index (χ3v) is 2.75. The van der Waals surface area contributed by atoms with Gasteiger partial charge in [-0.15, -0.1) is 0 Å². The van der Waals surface area contributed by atoms with Crippen LogP contribution < -0.4 is 5.73 Å². The van der Waals surface area contributed by atoms with Crippen molar-refractivity contribution in [2.75, 3.05) is 13.1 Å². The summed E-state index contributed by atoms with van der Waals surface area (Å²) in [6.45, 7) is 5.24. The minimum absolute atomic E-state index is 0.307. The zero-order chi connectivity index (χ0) is 10.1. The molecule has 0 aliphatic carbocycles. The standard InChI is InChI=1S/C9H18F2N2/c1-7(2)13-5-3-4-9(12,6-13)8(10)11/h7-8H,3-6,12H2,1-2H3. The summed E-state index contributed by atoms with van der Waals surface area (Å²) >= 11 is 0. The Morgan fingerprint density at radius 2 is 2.00 bits per heavy atom. The van der Waals surface area contributed by atoms with Crippen molar-refractivity contribution in [3.05, 3.63) is 0 Å². The molecule has 0 bridgehead atoms. The molecule has 1 unspecified atom stereocenters. The molecule has 0 spiro atoms. The fourth-order valence-corrected chi connectivity index (χ4v) is 1.77. The van der Waals surface area contributed by atoms with Crippen LogP contribution in [-0.4, -0.2) is 36.0 Å². The molecule has 13 heavy (non-hydrogen) atoms. The van der Waals surface area contributed by atoms with Crippen molar-refractivity contribution in [1.29, 1.82) is 0 Å². The Kier molecular flexibility index (Phi) is 3.24. The number of nitrogens with two attached hydrogens (primary N) is 1. The van der Waals surface area contributed by atoms with Gasteiger partial charge in [0.1, 0.15) is 0 Å². The molecule has 1 heterocycles. The second-order valence-corrected chi connectivity index (χ2v) is 4.20. The topological polar surface area (TPSA) is 29.3 Å². The minimum atomic E-state index is -2.41. The lowest BCUT2D eigenvalue weighted by molar-refractivity contribution is -0.00346. The molecule has 0 amide bonds. The maximum absolute atomic E-state index is 12.6. The number of halogens is 2. The number of alkyl halides is 2. The van der Waals surface area contributed by atoms with Gasteiger partial charge >= 0.3 is 0 Å². The first kappa shape index (κ1) is 10.9. The molecular formula is C9H18F2N2. The van der Waals surface area contributed by atoms with Gasteiger partial charge in [0.25, 0.3) is 6.43 Å². The van der Waals surface area contributed by atoms with Gasteiger partial charge in [0.15, 0.2) is 0 Å². The van der Waals surface area contributed by atoms with Crippen molar-refractivity contribution < 1.29 is 8.78 Å². The summed E-state index contributed by atoms with van der Waals surface area (Å²) in [6, 6.07) is 0.307. The van der Waals surface area contributed by atoms with E-state index in [1.165, 1.54) is 0 Å². The molecule has 0 radical (unpaired) electrons. The third-order valence-electron chi connectivity index (χ3n) is 2.75. The zero-order valence-corrected chi connectivity index (χ0v) is 8.26. The molecule has 1 aliphatic heterocycles. The van der Waals surface area contributed by atoms with E-state index >= 15 is 0 Å². The van der Waals surface area contributed by atoms with E-state index in [1.807, 2.05) is 18.7 Å². The SMILES string of the molecule is CC(C)N1CCCC(N)(C(F)F)C1. The monoisotopic (exact) mass is 192 g/mol. The van der Waals surface area contributed by atoms with Crippen LogP contribution in [0.3, 0.4) is 0 Å². The molecule has 1 saturated heterocycles. The highest BCUT2D eigenvalue weighted by Gasteiger charge is 2.40. The first-order chi connectivity index (χ1) is 5.96. The average Bonchev–Trinajstić information content (AvgIpc) is 2.04. The van der Waals surface area contributed by atoms with E-state index in [0.29, 0.717) is 19.0 Å². The van der Waals surface area contributed by atoms with Crippen LogP contribution in [0.2, 0.25) is 0 Å². The normalized spacial score (nSPS) is 31.6. The molecule has 78 valence electrons. The summed E-state index contributed by atoms with van der Waals surface area (Å²) in [4.78, 5) is 2.02. The van der Waals surface area contributed by atoms with Gasteiger partial charge in [-0.05, 0) is 33.2 Å². The molecule has 0 saturated carbocycles. The lowest BCUT2D eigenvalue weighted by Crippen LogP contribution is -2.59. The fourth-order valence-electron chi connectivity index (χ4n) is 1.77. The average molecular weight is 192 g/mol. The van der Waals surface area contributed by atoms with Crippen LogP contribution in [0.25, 0.3) is 0 Å². The number of piperidine rings is 1. The van der Waals surface area contributed by atoms with Crippen LogP contribution >= 0.6 is 0 Å². The summed E-state index contributed by atoms with van der Waals surface area (Å²) in [5, 5.41) is 0. The summed E-state index contributed by atoms with van der Waals surface area (Å²) in [5.74, 6) is 0. The number of nitrogens with zero attached hydrogens (tertiary/aromatic N) is 1. The second-order valence-electron chi connectivity index (χ2n) is 4.20. The van der Waals surface area contributed by atoms with Gasteiger partial charge in [-0.3, -0.25) is 4.90 Å². The molecule has 4 heteroatoms. The first-order valence-corrected chi connectivity index (χ1v) is 4.77. The van der Waals surface area contributed by atoms with Gasteiger partial charge < -0.3 is 5.73 Å². The fraction of sp³-hybridized carbons (Fsp3) is 1.00. The number of hydrogen-bond acceptors (Lipinski definition) is 2. The van der Waals surface area contributed by atoms with Crippen LogP contribution in [0.4, 0.5) is 8.78 Å². The molecule has 1 rings (SSSR count). The van der Waals surface area contributed by atoms with Gasteiger partial charge in [0.05, 0.1) is 5.54 Å². The molecule has 0 aromatic rings. The Bertz CT molecular complexity index is 173. The van der Waals surface area contributed by atoms with Crippen LogP contribution in [0.1, 0.15) is 26.7 Å². The maximum atomic E-state index is 12.6. The van der Waals surface area contributed by atoms with Crippen molar-refractivity contribution in [3.8, 4) is 0 Å². The van der Waals surface area contributed by atoms with E-state index in [-0.39, 0.29) is 0 Å². The molecule has 2 N–H and O–H groups in total. The largest absolute Gasteiger partial charge is 0.319 e. The van der Waals surface area contributed by atoms with E-state index in [1.54, 1.807) is 0 Å². The van der Waals surface area contributed by atoms with Crippen molar-refractivity contribution in [2.45, 2.75) is 44.7 Å². The molecule has 1 aliphatic rings. The Balaban J connectivity index is 2.60. The minimum Gasteiger partial charge on any atom is -0.319 e. The van der Waals surface area contributed by atoms with Gasteiger partial charge in [-0.1, -0.05) is 0 Å². The molecule has 1 fully saturated rings. The number of hydrogen-bond donors (Lipinski definition) is 1. The van der Waals surface area contributed by atoms with E-state index in [4.69, 9.17) is 5.73 Å². The van der Waals surface area contributed by atoms with Gasteiger partial charge in [0, 0.05) is 12.6 Å². The van der Waals surface area contributed by atoms with Gasteiger partial charge in [-0.25, -0.2) is 8.78 Å². The quantitative estimate of drug-likeness (QED) is 0.717. The van der Waals surface area contributed by atoms with Crippen molar-refractivity contribution in [1.82, 2.24) is 4.90 Å². The van der Waals surface area contributed by atoms with Gasteiger partial charge in [0.2, 0.25) is 0 Å². The predicted molar refractivity (Wildman–Crippen MR) is 48.9 cm³/mol. The molecule has 1 atom stereocenters. The number of rotatable bonds is 2. The summed E-state index contributed by atoms with van der Waals surface area (Å²) in [7, 11) is 0. The van der Waals surface area contributed by atoms with Crippen LogP contribution in [0.5, 0.6) is 0 Å². The van der Waals surface area contributed by atoms with Gasteiger partial charge in [-0.2, -0.15) is 0 Å². The molecule has 0 aromatic carbocycles. The van der Waals surface area contributed by atoms with Crippen molar-refractivity contribution in [3.63, 3.8) is 0 Å². The zero-order valence-electron chi connectivity index (χ0n) is 8.26. The Hall–Kier alpha value is -0.220. The Morgan fingerprint density at radius 3 is 2.46 bits per heavy atom. The van der Waals surface area contributed by atoms with Crippen molar-refractivity contribution >= 4 is 0 Å². The third kappa shape index (κ3) is 2.38. The van der Waals surface area contributed by atoms with E-state index in [9.17, 15) is 8.78 Å². The molecule has 0 aromatic heterocycles. The predicted octanol–water partition coefficient (Wildman–Crippen LogP) is 1.45. The van der Waals surface area contributed by atoms with E-state index < -0.39 is 12.0 Å². The molecule has 2 nitrogen and oxygen atoms in total. The second kappa shape index (κ2) is 3.88. The maximum Gasteiger partial charge on any atom is 0.257 e. The van der Waals surface area contributed by atoms with Crippen molar-refractivity contribution in [2.24, 2.45) is 5.73 Å². The molecular weight excluding hydrogens is 174 g/mol. The Morgan fingerprint density at radius 1 is 1.38 bits per heavy atom. The highest BCUT2D eigenvalue weighted by Crippen LogP contribution is 2.25. The summed E-state index contributed by atoms with van der Waals surface area (Å²) < 4.78 is 25.2. The van der Waals surface area contributed by atoms with Crippen LogP contribution in [-0.2, 0) is 0 Å². The highest BCUT2D eigenvalue weighted by atomic mass is 19.3. The lowest BCUT2D eigenvalue weighted by atomic mass is 9.90. The van der Waals surface area contributed by atoms with Crippen LogP contribution in [0.15, 0.2) is 0 Å². The Labute approximate surface area is 78.1 Å². The smallest absolute Gasteiger partial charge is 0.257 e. The first-order valence-electron chi connectivity index (χ1n) is 4.77. The summed E-state index contributed by atoms with van der Waals surface area (Å²) in [5.41, 5.74) is 4.36.